The zero-order valence-corrected chi connectivity index (χ0v) is 37.5. The third-order valence-electron chi connectivity index (χ3n) is 10.8. The fourth-order valence-corrected chi connectivity index (χ4v) is 8.45. The summed E-state index contributed by atoms with van der Waals surface area (Å²) in [7, 11) is -8.81. The second-order valence-corrected chi connectivity index (χ2v) is 18.8. The van der Waals surface area contributed by atoms with Crippen molar-refractivity contribution in [3.8, 4) is 0 Å². The van der Waals surface area contributed by atoms with E-state index in [1.165, 1.54) is 48.5 Å². The first kappa shape index (κ1) is 48.0. The Bertz CT molecular complexity index is 2470. The molecule has 0 amide bonds. The van der Waals surface area contributed by atoms with Crippen molar-refractivity contribution in [2.75, 3.05) is 96.6 Å². The largest absolute Gasteiger partial charge is 0.394 e. The molecule has 4 heterocycles. The van der Waals surface area contributed by atoms with Gasteiger partial charge in [0, 0.05) is 87.2 Å². The maximum atomic E-state index is 11.6. The molecule has 26 heteroatoms. The third kappa shape index (κ3) is 12.7. The number of β-amino-alcohol motifs (C(OH)–C–C–N with tert-alkyl or cyclic N) is 2. The first-order chi connectivity index (χ1) is 31.4. The minimum absolute atomic E-state index is 0.0943. The summed E-state index contributed by atoms with van der Waals surface area (Å²) < 4.78 is 65.4. The average Bonchev–Trinajstić information content (AvgIpc) is 3.26. The van der Waals surface area contributed by atoms with E-state index in [-0.39, 0.29) is 58.9 Å². The smallest absolute Gasteiger partial charge is 0.294 e. The lowest BCUT2D eigenvalue weighted by Crippen LogP contribution is -2.54. The molecule has 2 aromatic heterocycles. The van der Waals surface area contributed by atoms with Crippen molar-refractivity contribution in [2.45, 2.75) is 47.9 Å². The Hall–Kier alpha value is -5.94. The molecule has 0 spiro atoms. The maximum absolute atomic E-state index is 11.6. The molecule has 0 bridgehead atoms. The molecule has 2 fully saturated rings. The monoisotopic (exact) mass is 952 g/mol. The van der Waals surface area contributed by atoms with Crippen molar-refractivity contribution < 1.29 is 46.4 Å². The normalized spacial score (nSPS) is 18.4. The van der Waals surface area contributed by atoms with Crippen LogP contribution < -0.4 is 31.1 Å². The molecule has 5 aromatic rings. The van der Waals surface area contributed by atoms with Crippen LogP contribution in [-0.4, -0.2) is 176 Å². The number of aliphatic hydroxyl groups is 4. The Morgan fingerprint density at radius 3 is 1.06 bits per heavy atom. The highest BCUT2D eigenvalue weighted by Gasteiger charge is 2.29. The van der Waals surface area contributed by atoms with Gasteiger partial charge in [0.05, 0.1) is 35.2 Å². The number of benzene rings is 3. The number of nitrogens with one attached hydrogen (secondary N) is 4. The number of rotatable bonds is 18. The van der Waals surface area contributed by atoms with E-state index in [9.17, 15) is 46.4 Å². The summed E-state index contributed by atoms with van der Waals surface area (Å²) in [5, 5.41) is 51.4. The Morgan fingerprint density at radius 1 is 0.515 bits per heavy atom. The molecular formula is C40H52N14O10S2. The van der Waals surface area contributed by atoms with Gasteiger partial charge in [-0.25, -0.2) is 0 Å². The van der Waals surface area contributed by atoms with E-state index in [0.29, 0.717) is 87.0 Å². The molecule has 0 aliphatic carbocycles. The van der Waals surface area contributed by atoms with Gasteiger partial charge in [-0.1, -0.05) is 0 Å². The minimum atomic E-state index is -4.40. The summed E-state index contributed by atoms with van der Waals surface area (Å²) in [6.45, 7) is 7.21. The maximum Gasteiger partial charge on any atom is 0.294 e. The summed E-state index contributed by atoms with van der Waals surface area (Å²) in [5.74, 6) is 1.36. The highest BCUT2D eigenvalue weighted by molar-refractivity contribution is 7.86. The summed E-state index contributed by atoms with van der Waals surface area (Å²) in [6.07, 6.45) is -1.73. The number of hydrogen-bond acceptors (Lipinski definition) is 22. The van der Waals surface area contributed by atoms with E-state index in [2.05, 4.69) is 41.2 Å². The van der Waals surface area contributed by atoms with E-state index >= 15 is 0 Å². The van der Waals surface area contributed by atoms with E-state index in [1.54, 1.807) is 24.3 Å². The van der Waals surface area contributed by atoms with Crippen LogP contribution in [-0.2, 0) is 20.2 Å². The summed E-state index contributed by atoms with van der Waals surface area (Å²) in [6, 6.07) is 17.8. The average molecular weight is 953 g/mol. The Kier molecular flexibility index (Phi) is 15.1. The molecule has 0 radical (unpaired) electrons. The number of hydrogen-bond donors (Lipinski definition) is 10. The standard InChI is InChI=1S/C40H52N14O10S2/c1-25-19-51(21-31(57)23-55)15-17-53(25)39-47-35(45-37(49-39)43-29-7-11-33(12-8-29)65(59,60)61)41-27-3-5-28(6-4-27)42-36-46-38(44-30-9-13-34(14-10-30)66(62,63)64)50-40(48-36)54-18-16-52(20-26(54)2)22-32(58)24-56/h3-14,25-26,31-32,55-58H,15-24H2,1-2H3,(H,59,60,61)(H,62,63,64)(H2,41,43,45,47,49)(H2,42,44,46,48,50). The Labute approximate surface area is 380 Å². The quantitative estimate of drug-likeness (QED) is 0.0553. The molecule has 354 valence electrons. The van der Waals surface area contributed by atoms with Gasteiger partial charge >= 0.3 is 0 Å². The zero-order valence-electron chi connectivity index (χ0n) is 35.9. The fourth-order valence-electron chi connectivity index (χ4n) is 7.49. The van der Waals surface area contributed by atoms with E-state index in [4.69, 9.17) is 9.97 Å². The van der Waals surface area contributed by atoms with Crippen LogP contribution in [0.3, 0.4) is 0 Å². The second kappa shape index (κ2) is 20.7. The molecule has 2 aliphatic heterocycles. The second-order valence-electron chi connectivity index (χ2n) is 15.9. The Morgan fingerprint density at radius 2 is 0.803 bits per heavy atom. The first-order valence-electron chi connectivity index (χ1n) is 20.8. The SMILES string of the molecule is CC1CN(CC(O)CO)CCN1c1nc(Nc2ccc(Nc3nc(Nc4ccc(S(=O)(=O)O)cc4)nc(N4CCN(CC(O)CO)CC4C)n3)cc2)nc(Nc2ccc(S(=O)(=O)O)cc2)n1. The van der Waals surface area contributed by atoms with Gasteiger partial charge in [-0.2, -0.15) is 46.7 Å². The molecule has 4 unspecified atom stereocenters. The lowest BCUT2D eigenvalue weighted by atomic mass is 10.2. The highest BCUT2D eigenvalue weighted by atomic mass is 32.2. The molecule has 66 heavy (non-hydrogen) atoms. The molecule has 2 aliphatic rings. The zero-order chi connectivity index (χ0) is 47.2. The van der Waals surface area contributed by atoms with Gasteiger partial charge in [-0.3, -0.25) is 18.9 Å². The first-order valence-corrected chi connectivity index (χ1v) is 23.7. The highest BCUT2D eigenvalue weighted by Crippen LogP contribution is 2.27. The van der Waals surface area contributed by atoms with Crippen LogP contribution in [0.4, 0.5) is 58.4 Å². The van der Waals surface area contributed by atoms with Crippen molar-refractivity contribution >= 4 is 78.7 Å². The lowest BCUT2D eigenvalue weighted by molar-refractivity contribution is 0.0536. The van der Waals surface area contributed by atoms with Gasteiger partial charge in [0.25, 0.3) is 20.2 Å². The minimum Gasteiger partial charge on any atom is -0.394 e. The van der Waals surface area contributed by atoms with Gasteiger partial charge in [-0.15, -0.1) is 0 Å². The molecule has 10 N–H and O–H groups in total. The number of anilines is 10. The van der Waals surface area contributed by atoms with Crippen LogP contribution in [0.15, 0.2) is 82.6 Å². The molecule has 3 aromatic carbocycles. The molecular weight excluding hydrogens is 901 g/mol. The molecule has 7 rings (SSSR count). The van der Waals surface area contributed by atoms with Crippen LogP contribution in [0.2, 0.25) is 0 Å². The number of nitrogens with zero attached hydrogens (tertiary/aromatic N) is 10. The summed E-state index contributed by atoms with van der Waals surface area (Å²) >= 11 is 0. The van der Waals surface area contributed by atoms with Crippen molar-refractivity contribution in [3.63, 3.8) is 0 Å². The van der Waals surface area contributed by atoms with Crippen molar-refractivity contribution in [3.05, 3.63) is 72.8 Å². The van der Waals surface area contributed by atoms with Crippen LogP contribution in [0.25, 0.3) is 0 Å². The van der Waals surface area contributed by atoms with Gasteiger partial charge in [0.1, 0.15) is 0 Å². The topological polar surface area (TPSA) is 328 Å². The Balaban J connectivity index is 1.12. The van der Waals surface area contributed by atoms with Crippen molar-refractivity contribution in [2.24, 2.45) is 0 Å². The van der Waals surface area contributed by atoms with Crippen molar-refractivity contribution in [1.29, 1.82) is 0 Å². The van der Waals surface area contributed by atoms with E-state index < -0.39 is 32.4 Å². The van der Waals surface area contributed by atoms with E-state index in [0.717, 1.165) is 0 Å². The van der Waals surface area contributed by atoms with Gasteiger partial charge in [-0.05, 0) is 86.6 Å². The molecule has 4 atom stereocenters. The molecule has 0 saturated carbocycles. The number of piperazine rings is 2. The predicted octanol–water partition coefficient (Wildman–Crippen LogP) is 1.25. The van der Waals surface area contributed by atoms with Crippen LogP contribution in [0, 0.1) is 0 Å². The fraction of sp³-hybridized carbons (Fsp3) is 0.400. The molecule has 2 saturated heterocycles. The van der Waals surface area contributed by atoms with Gasteiger partial charge < -0.3 is 51.5 Å². The van der Waals surface area contributed by atoms with Gasteiger partial charge in [0.15, 0.2) is 0 Å². The van der Waals surface area contributed by atoms with Crippen molar-refractivity contribution in [1.82, 2.24) is 39.7 Å². The van der Waals surface area contributed by atoms with Crippen LogP contribution in [0.5, 0.6) is 0 Å². The van der Waals surface area contributed by atoms with Gasteiger partial charge in [0.2, 0.25) is 35.7 Å². The summed E-state index contributed by atoms with van der Waals surface area (Å²) in [4.78, 5) is 35.5. The van der Waals surface area contributed by atoms with E-state index in [1.807, 2.05) is 33.4 Å². The predicted molar refractivity (Wildman–Crippen MR) is 244 cm³/mol. The molecule has 24 nitrogen and oxygen atoms in total. The van der Waals surface area contributed by atoms with Crippen LogP contribution >= 0.6 is 0 Å². The third-order valence-corrected chi connectivity index (χ3v) is 12.5. The number of aliphatic hydroxyl groups excluding tert-OH is 4. The summed E-state index contributed by atoms with van der Waals surface area (Å²) in [5.41, 5.74) is 2.09. The van der Waals surface area contributed by atoms with Crippen LogP contribution in [0.1, 0.15) is 13.8 Å². The lowest BCUT2D eigenvalue weighted by Gasteiger charge is -2.40. The number of aromatic nitrogens is 6.